The second-order valence-electron chi connectivity index (χ2n) is 3.12. The summed E-state index contributed by atoms with van der Waals surface area (Å²) in [5.74, 6) is 0. The van der Waals surface area contributed by atoms with E-state index in [4.69, 9.17) is 4.62 Å². The second-order valence-corrected chi connectivity index (χ2v) is 4.91. The summed E-state index contributed by atoms with van der Waals surface area (Å²) in [5, 5.41) is 4.52. The van der Waals surface area contributed by atoms with E-state index in [1.54, 1.807) is 0 Å². The van der Waals surface area contributed by atoms with E-state index in [0.717, 1.165) is 10.6 Å². The molecule has 0 aliphatic heterocycles. The van der Waals surface area contributed by atoms with Gasteiger partial charge < -0.3 is 4.62 Å². The van der Waals surface area contributed by atoms with Gasteiger partial charge in [0.05, 0.1) is 0 Å². The van der Waals surface area contributed by atoms with Crippen molar-refractivity contribution in [1.29, 1.82) is 0 Å². The summed E-state index contributed by atoms with van der Waals surface area (Å²) in [6.45, 7) is 0. The van der Waals surface area contributed by atoms with Crippen LogP contribution in [0.3, 0.4) is 0 Å². The van der Waals surface area contributed by atoms with Crippen molar-refractivity contribution in [3.8, 4) is 0 Å². The van der Waals surface area contributed by atoms with E-state index in [9.17, 15) is 4.91 Å². The van der Waals surface area contributed by atoms with Crippen LogP contribution in [0, 0.1) is 4.91 Å². The molecule has 0 fully saturated rings. The van der Waals surface area contributed by atoms with Crippen LogP contribution in [0.15, 0.2) is 66.0 Å². The van der Waals surface area contributed by atoms with Gasteiger partial charge in [0, 0.05) is 10.6 Å². The second kappa shape index (κ2) is 5.38. The summed E-state index contributed by atoms with van der Waals surface area (Å²) >= 11 is 0. The van der Waals surface area contributed by atoms with Gasteiger partial charge in [-0.1, -0.05) is 60.7 Å². The van der Waals surface area contributed by atoms with E-state index in [1.807, 2.05) is 60.7 Å². The van der Waals surface area contributed by atoms with Crippen molar-refractivity contribution in [3.63, 3.8) is 0 Å². The average Bonchev–Trinajstić information content (AvgIpc) is 2.38. The van der Waals surface area contributed by atoms with Crippen molar-refractivity contribution < 1.29 is 4.62 Å². The van der Waals surface area contributed by atoms with Gasteiger partial charge in [-0.2, -0.15) is 0 Å². The average molecular weight is 231 g/mol. The predicted molar refractivity (Wildman–Crippen MR) is 66.0 cm³/mol. The Balaban J connectivity index is 2.35. The number of benzene rings is 2. The van der Waals surface area contributed by atoms with Crippen molar-refractivity contribution in [2.24, 2.45) is 5.34 Å². The van der Waals surface area contributed by atoms with Crippen LogP contribution >= 0.6 is 8.15 Å². The molecule has 2 aromatic rings. The molecule has 0 N–H and O–H groups in total. The SMILES string of the molecule is O=NOP(c1ccccc1)c1ccccc1. The maximum Gasteiger partial charge on any atom is 0.188 e. The molecule has 0 aliphatic rings. The first-order valence-electron chi connectivity index (χ1n) is 4.82. The lowest BCUT2D eigenvalue weighted by atomic mass is 10.4. The monoisotopic (exact) mass is 231 g/mol. The molecule has 0 atom stereocenters. The molecule has 16 heavy (non-hydrogen) atoms. The summed E-state index contributed by atoms with van der Waals surface area (Å²) in [6.07, 6.45) is 0. The van der Waals surface area contributed by atoms with Crippen LogP contribution in [0.2, 0.25) is 0 Å². The Morgan fingerprint density at radius 1 is 0.812 bits per heavy atom. The Bertz CT molecular complexity index is 408. The molecule has 4 heteroatoms. The van der Waals surface area contributed by atoms with Crippen molar-refractivity contribution in [2.45, 2.75) is 0 Å². The first kappa shape index (κ1) is 10.8. The smallest absolute Gasteiger partial charge is 0.188 e. The first-order valence-corrected chi connectivity index (χ1v) is 6.08. The lowest BCUT2D eigenvalue weighted by Crippen LogP contribution is -2.11. The quantitative estimate of drug-likeness (QED) is 0.461. The number of rotatable bonds is 4. The van der Waals surface area contributed by atoms with E-state index >= 15 is 0 Å². The van der Waals surface area contributed by atoms with Crippen LogP contribution in [-0.4, -0.2) is 0 Å². The van der Waals surface area contributed by atoms with Gasteiger partial charge in [0.1, 0.15) is 0 Å². The van der Waals surface area contributed by atoms with E-state index in [-0.39, 0.29) is 0 Å². The number of hydrogen-bond acceptors (Lipinski definition) is 3. The van der Waals surface area contributed by atoms with Crippen LogP contribution in [0.1, 0.15) is 0 Å². The van der Waals surface area contributed by atoms with Crippen molar-refractivity contribution in [3.05, 3.63) is 65.6 Å². The molecule has 80 valence electrons. The molecule has 0 saturated carbocycles. The molecule has 0 radical (unpaired) electrons. The lowest BCUT2D eigenvalue weighted by molar-refractivity contribution is 0.383. The Morgan fingerprint density at radius 3 is 1.62 bits per heavy atom. The zero-order chi connectivity index (χ0) is 11.2. The molecule has 3 nitrogen and oxygen atoms in total. The predicted octanol–water partition coefficient (Wildman–Crippen LogP) is 2.73. The largest absolute Gasteiger partial charge is 0.335 e. The Morgan fingerprint density at radius 2 is 1.25 bits per heavy atom. The highest BCUT2D eigenvalue weighted by atomic mass is 31.1. The standard InChI is InChI=1S/C12H10NO2P/c14-13-15-16(11-7-3-1-4-8-11)12-9-5-2-6-10-12/h1-10H. The van der Waals surface area contributed by atoms with Crippen LogP contribution in [0.5, 0.6) is 0 Å². The molecule has 0 saturated heterocycles. The molecule has 2 rings (SSSR count). The summed E-state index contributed by atoms with van der Waals surface area (Å²) in [4.78, 5) is 10.3. The first-order chi connectivity index (χ1) is 7.92. The maximum absolute atomic E-state index is 10.3. The van der Waals surface area contributed by atoms with Gasteiger partial charge in [-0.15, -0.1) is 4.91 Å². The molecule has 0 unspecified atom stereocenters. The van der Waals surface area contributed by atoms with Crippen LogP contribution in [-0.2, 0) is 4.62 Å². The molecular formula is C12H10NO2P. The van der Waals surface area contributed by atoms with Gasteiger partial charge >= 0.3 is 0 Å². The molecule has 0 bridgehead atoms. The number of nitrogens with zero attached hydrogens (tertiary/aromatic N) is 1. The molecule has 0 aromatic heterocycles. The molecule has 0 aliphatic carbocycles. The number of hydrogen-bond donors (Lipinski definition) is 0. The van der Waals surface area contributed by atoms with Crippen molar-refractivity contribution in [2.75, 3.05) is 0 Å². The summed E-state index contributed by atoms with van der Waals surface area (Å²) in [5.41, 5.74) is 0. The fourth-order valence-electron chi connectivity index (χ4n) is 1.40. The minimum absolute atomic E-state index is 0.975. The fraction of sp³-hybridized carbons (Fsp3) is 0. The van der Waals surface area contributed by atoms with Crippen LogP contribution < -0.4 is 10.6 Å². The van der Waals surface area contributed by atoms with Crippen molar-refractivity contribution >= 4 is 18.8 Å². The highest BCUT2D eigenvalue weighted by molar-refractivity contribution is 7.68. The third-order valence-electron chi connectivity index (χ3n) is 2.10. The fourth-order valence-corrected chi connectivity index (χ4v) is 2.84. The van der Waals surface area contributed by atoms with Gasteiger partial charge in [-0.3, -0.25) is 0 Å². The van der Waals surface area contributed by atoms with E-state index in [1.165, 1.54) is 0 Å². The van der Waals surface area contributed by atoms with Crippen LogP contribution in [0.25, 0.3) is 0 Å². The van der Waals surface area contributed by atoms with Gasteiger partial charge in [-0.25, -0.2) is 0 Å². The molecule has 0 amide bonds. The van der Waals surface area contributed by atoms with Crippen LogP contribution in [0.4, 0.5) is 0 Å². The maximum atomic E-state index is 10.3. The normalized spacial score (nSPS) is 10.1. The minimum atomic E-state index is -1.13. The minimum Gasteiger partial charge on any atom is -0.335 e. The van der Waals surface area contributed by atoms with Gasteiger partial charge in [-0.05, 0) is 0 Å². The Kier molecular flexibility index (Phi) is 3.62. The molecule has 0 heterocycles. The van der Waals surface area contributed by atoms with E-state index < -0.39 is 8.15 Å². The topological polar surface area (TPSA) is 38.7 Å². The summed E-state index contributed by atoms with van der Waals surface area (Å²) in [6, 6.07) is 19.3. The molecular weight excluding hydrogens is 221 g/mol. The highest BCUT2D eigenvalue weighted by Crippen LogP contribution is 2.34. The third-order valence-corrected chi connectivity index (χ3v) is 3.86. The molecule has 0 spiro atoms. The zero-order valence-electron chi connectivity index (χ0n) is 8.48. The van der Waals surface area contributed by atoms with Crippen molar-refractivity contribution in [1.82, 2.24) is 0 Å². The van der Waals surface area contributed by atoms with E-state index in [0.29, 0.717) is 0 Å². The highest BCUT2D eigenvalue weighted by Gasteiger charge is 2.16. The van der Waals surface area contributed by atoms with Gasteiger partial charge in [0.25, 0.3) is 0 Å². The molecule has 2 aromatic carbocycles. The van der Waals surface area contributed by atoms with Gasteiger partial charge in [0.2, 0.25) is 0 Å². The van der Waals surface area contributed by atoms with Gasteiger partial charge in [0.15, 0.2) is 13.5 Å². The summed E-state index contributed by atoms with van der Waals surface area (Å²) in [7, 11) is -1.13. The lowest BCUT2D eigenvalue weighted by Gasteiger charge is -2.12. The Hall–Kier alpha value is -1.73. The third kappa shape index (κ3) is 2.44. The Labute approximate surface area is 94.8 Å². The zero-order valence-corrected chi connectivity index (χ0v) is 9.38. The van der Waals surface area contributed by atoms with E-state index in [2.05, 4.69) is 5.34 Å². The summed E-state index contributed by atoms with van der Waals surface area (Å²) < 4.78 is 4.95.